The van der Waals surface area contributed by atoms with E-state index in [4.69, 9.17) is 9.84 Å². The number of hydrogen-bond donors (Lipinski definition) is 2. The quantitative estimate of drug-likeness (QED) is 0.531. The highest BCUT2D eigenvalue weighted by Gasteiger charge is 2.03. The summed E-state index contributed by atoms with van der Waals surface area (Å²) in [4.78, 5) is 11.2. The maximum atomic E-state index is 11.2. The van der Waals surface area contributed by atoms with E-state index in [1.165, 1.54) is 5.56 Å². The summed E-state index contributed by atoms with van der Waals surface area (Å²) in [6.45, 7) is 3.20. The molecular weight excluding hydrogens is 242 g/mol. The maximum Gasteiger partial charge on any atom is 0.305 e. The Morgan fingerprint density at radius 1 is 1.32 bits per heavy atom. The van der Waals surface area contributed by atoms with Crippen LogP contribution in [-0.2, 0) is 16.0 Å². The van der Waals surface area contributed by atoms with Gasteiger partial charge in [-0.25, -0.2) is 0 Å². The van der Waals surface area contributed by atoms with Crippen molar-refractivity contribution in [2.24, 2.45) is 0 Å². The molecule has 4 nitrogen and oxygen atoms in total. The van der Waals surface area contributed by atoms with Crippen molar-refractivity contribution in [3.63, 3.8) is 0 Å². The highest BCUT2D eigenvalue weighted by Crippen LogP contribution is 2.16. The van der Waals surface area contributed by atoms with E-state index in [0.717, 1.165) is 31.5 Å². The number of nitrogens with one attached hydrogen (secondary N) is 1. The average Bonchev–Trinajstić information content (AvgIpc) is 2.42. The van der Waals surface area contributed by atoms with Crippen LogP contribution in [0.3, 0.4) is 0 Å². The number of aliphatic hydroxyl groups is 1. The molecular formula is C15H23NO3. The minimum atomic E-state index is -0.141. The van der Waals surface area contributed by atoms with Crippen LogP contribution >= 0.6 is 0 Å². The van der Waals surface area contributed by atoms with Crippen LogP contribution in [0.25, 0.3) is 0 Å². The molecule has 19 heavy (non-hydrogen) atoms. The van der Waals surface area contributed by atoms with Gasteiger partial charge in [0.15, 0.2) is 0 Å². The molecule has 0 fully saturated rings. The monoisotopic (exact) mass is 265 g/mol. The van der Waals surface area contributed by atoms with E-state index in [1.807, 2.05) is 25.1 Å². The fourth-order valence-corrected chi connectivity index (χ4v) is 1.87. The molecule has 0 radical (unpaired) electrons. The topological polar surface area (TPSA) is 58.6 Å². The van der Waals surface area contributed by atoms with Gasteiger partial charge >= 0.3 is 5.97 Å². The molecule has 0 aromatic heterocycles. The van der Waals surface area contributed by atoms with E-state index >= 15 is 0 Å². The summed E-state index contributed by atoms with van der Waals surface area (Å²) in [6.07, 6.45) is 2.83. The minimum Gasteiger partial charge on any atom is -0.466 e. The number of carbonyl (C=O) groups excluding carboxylic acids is 1. The molecule has 0 saturated carbocycles. The number of aliphatic hydroxyl groups excluding tert-OH is 1. The van der Waals surface area contributed by atoms with Gasteiger partial charge in [-0.3, -0.25) is 4.79 Å². The van der Waals surface area contributed by atoms with Crippen LogP contribution in [0.15, 0.2) is 24.3 Å². The Balaban J connectivity index is 2.34. The molecule has 0 amide bonds. The standard InChI is InChI=1S/C15H23NO3/c1-2-19-15(18)10-5-11-16-14-9-4-3-7-13(14)8-6-12-17/h3-4,7,9,16-17H,2,5-6,8,10-12H2,1H3. The van der Waals surface area contributed by atoms with Crippen molar-refractivity contribution in [2.45, 2.75) is 32.6 Å². The minimum absolute atomic E-state index is 0.141. The number of hydrogen-bond acceptors (Lipinski definition) is 4. The molecule has 1 rings (SSSR count). The summed E-state index contributed by atoms with van der Waals surface area (Å²) in [6, 6.07) is 8.06. The number of para-hydroxylation sites is 1. The first-order valence-electron chi connectivity index (χ1n) is 6.86. The molecule has 0 atom stereocenters. The number of esters is 1. The molecule has 106 valence electrons. The second-order valence-electron chi connectivity index (χ2n) is 4.32. The van der Waals surface area contributed by atoms with E-state index < -0.39 is 0 Å². The third kappa shape index (κ3) is 6.25. The van der Waals surface area contributed by atoms with Gasteiger partial charge in [-0.2, -0.15) is 0 Å². The predicted octanol–water partition coefficient (Wildman–Crippen LogP) is 2.37. The molecule has 4 heteroatoms. The number of ether oxygens (including phenoxy) is 1. The van der Waals surface area contributed by atoms with Crippen molar-refractivity contribution in [1.29, 1.82) is 0 Å². The van der Waals surface area contributed by atoms with Gasteiger partial charge in [-0.1, -0.05) is 18.2 Å². The van der Waals surface area contributed by atoms with Gasteiger partial charge in [-0.15, -0.1) is 0 Å². The first kappa shape index (κ1) is 15.5. The van der Waals surface area contributed by atoms with E-state index in [9.17, 15) is 4.79 Å². The zero-order valence-electron chi connectivity index (χ0n) is 11.5. The highest BCUT2D eigenvalue weighted by atomic mass is 16.5. The van der Waals surface area contributed by atoms with Crippen molar-refractivity contribution in [3.05, 3.63) is 29.8 Å². The first-order chi connectivity index (χ1) is 9.27. The van der Waals surface area contributed by atoms with Crippen LogP contribution in [0, 0.1) is 0 Å². The van der Waals surface area contributed by atoms with E-state index in [1.54, 1.807) is 0 Å². The molecule has 0 unspecified atom stereocenters. The van der Waals surface area contributed by atoms with Crippen LogP contribution in [0.4, 0.5) is 5.69 Å². The lowest BCUT2D eigenvalue weighted by Gasteiger charge is -2.11. The van der Waals surface area contributed by atoms with Gasteiger partial charge in [0.05, 0.1) is 6.61 Å². The van der Waals surface area contributed by atoms with E-state index in [-0.39, 0.29) is 12.6 Å². The van der Waals surface area contributed by atoms with Crippen molar-refractivity contribution in [1.82, 2.24) is 0 Å². The zero-order valence-corrected chi connectivity index (χ0v) is 11.5. The molecule has 1 aromatic carbocycles. The van der Waals surface area contributed by atoms with Crippen molar-refractivity contribution < 1.29 is 14.6 Å². The lowest BCUT2D eigenvalue weighted by atomic mass is 10.1. The van der Waals surface area contributed by atoms with Crippen LogP contribution in [0.1, 0.15) is 31.7 Å². The maximum absolute atomic E-state index is 11.2. The first-order valence-corrected chi connectivity index (χ1v) is 6.86. The van der Waals surface area contributed by atoms with E-state index in [0.29, 0.717) is 13.0 Å². The lowest BCUT2D eigenvalue weighted by molar-refractivity contribution is -0.143. The Morgan fingerprint density at radius 3 is 2.84 bits per heavy atom. The Kier molecular flexibility index (Phi) is 7.66. The number of anilines is 1. The van der Waals surface area contributed by atoms with Crippen molar-refractivity contribution in [3.8, 4) is 0 Å². The largest absolute Gasteiger partial charge is 0.466 e. The number of rotatable bonds is 9. The van der Waals surface area contributed by atoms with Gasteiger partial charge in [0.2, 0.25) is 0 Å². The molecule has 0 aliphatic heterocycles. The Labute approximate surface area is 114 Å². The second kappa shape index (κ2) is 9.39. The number of benzene rings is 1. The molecule has 0 bridgehead atoms. The SMILES string of the molecule is CCOC(=O)CCCNc1ccccc1CCCO. The summed E-state index contributed by atoms with van der Waals surface area (Å²) in [7, 11) is 0. The Hall–Kier alpha value is -1.55. The second-order valence-corrected chi connectivity index (χ2v) is 4.32. The summed E-state index contributed by atoms with van der Waals surface area (Å²) < 4.78 is 4.88. The van der Waals surface area contributed by atoms with Gasteiger partial charge < -0.3 is 15.2 Å². The molecule has 1 aromatic rings. The number of carbonyl (C=O) groups is 1. The van der Waals surface area contributed by atoms with Crippen LogP contribution in [-0.4, -0.2) is 30.8 Å². The van der Waals surface area contributed by atoms with Gasteiger partial charge in [0.1, 0.15) is 0 Å². The molecule has 0 heterocycles. The van der Waals surface area contributed by atoms with Crippen LogP contribution in [0.5, 0.6) is 0 Å². The van der Waals surface area contributed by atoms with Gasteiger partial charge in [-0.05, 0) is 37.8 Å². The fraction of sp³-hybridized carbons (Fsp3) is 0.533. The number of aryl methyl sites for hydroxylation is 1. The highest BCUT2D eigenvalue weighted by molar-refractivity contribution is 5.69. The Morgan fingerprint density at radius 2 is 2.11 bits per heavy atom. The van der Waals surface area contributed by atoms with Crippen molar-refractivity contribution >= 4 is 11.7 Å². The molecule has 0 saturated heterocycles. The summed E-state index contributed by atoms with van der Waals surface area (Å²) >= 11 is 0. The van der Waals surface area contributed by atoms with E-state index in [2.05, 4.69) is 11.4 Å². The zero-order chi connectivity index (χ0) is 13.9. The van der Waals surface area contributed by atoms with Crippen LogP contribution < -0.4 is 5.32 Å². The van der Waals surface area contributed by atoms with Gasteiger partial charge in [0.25, 0.3) is 0 Å². The lowest BCUT2D eigenvalue weighted by Crippen LogP contribution is -2.09. The summed E-state index contributed by atoms with van der Waals surface area (Å²) in [5.74, 6) is -0.141. The predicted molar refractivity (Wildman–Crippen MR) is 76.2 cm³/mol. The summed E-state index contributed by atoms with van der Waals surface area (Å²) in [5, 5.41) is 12.2. The molecule has 2 N–H and O–H groups in total. The molecule has 0 spiro atoms. The fourth-order valence-electron chi connectivity index (χ4n) is 1.87. The Bertz CT molecular complexity index is 379. The van der Waals surface area contributed by atoms with Gasteiger partial charge in [0, 0.05) is 25.3 Å². The average molecular weight is 265 g/mol. The van der Waals surface area contributed by atoms with Crippen LogP contribution in [0.2, 0.25) is 0 Å². The molecule has 0 aliphatic rings. The normalized spacial score (nSPS) is 10.2. The third-order valence-corrected chi connectivity index (χ3v) is 2.80. The third-order valence-electron chi connectivity index (χ3n) is 2.80. The molecule has 0 aliphatic carbocycles. The summed E-state index contributed by atoms with van der Waals surface area (Å²) in [5.41, 5.74) is 2.28. The smallest absolute Gasteiger partial charge is 0.305 e. The van der Waals surface area contributed by atoms with Crippen molar-refractivity contribution in [2.75, 3.05) is 25.1 Å².